The van der Waals surface area contributed by atoms with Crippen LogP contribution in [-0.4, -0.2) is 4.68 Å². The summed E-state index contributed by atoms with van der Waals surface area (Å²) in [4.78, 5) is 0. The van der Waals surface area contributed by atoms with Gasteiger partial charge in [0, 0.05) is 17.3 Å². The number of hydrogen-bond acceptors (Lipinski definition) is 2. The molecule has 3 aromatic rings. The summed E-state index contributed by atoms with van der Waals surface area (Å²) in [7, 11) is 0. The summed E-state index contributed by atoms with van der Waals surface area (Å²) in [6, 6.07) is 18.0. The van der Waals surface area contributed by atoms with Gasteiger partial charge in [0.05, 0.1) is 11.2 Å². The van der Waals surface area contributed by atoms with Gasteiger partial charge in [0.25, 0.3) is 0 Å². The number of anilines is 2. The average molecular weight is 223 g/mol. The van der Waals surface area contributed by atoms with Crippen molar-refractivity contribution in [2.45, 2.75) is 0 Å². The van der Waals surface area contributed by atoms with E-state index in [-0.39, 0.29) is 0 Å². The fourth-order valence-electron chi connectivity index (χ4n) is 1.94. The molecule has 0 atom stereocenters. The topological polar surface area (TPSA) is 43.0 Å². The Balaban J connectivity index is 2.05. The summed E-state index contributed by atoms with van der Waals surface area (Å²) in [6.45, 7) is 0. The van der Waals surface area contributed by atoms with Crippen LogP contribution < -0.4 is 11.2 Å². The van der Waals surface area contributed by atoms with Crippen molar-refractivity contribution >= 4 is 22.3 Å². The predicted octanol–water partition coefficient (Wildman–Crippen LogP) is 3.10. The summed E-state index contributed by atoms with van der Waals surface area (Å²) in [5.74, 6) is 0. The number of nitrogens with zero attached hydrogens (tertiary/aromatic N) is 1. The second kappa shape index (κ2) is 3.87. The zero-order valence-electron chi connectivity index (χ0n) is 9.30. The second-order valence-electron chi connectivity index (χ2n) is 3.94. The molecular weight excluding hydrogens is 210 g/mol. The number of para-hydroxylation sites is 1. The summed E-state index contributed by atoms with van der Waals surface area (Å²) in [5.41, 5.74) is 12.2. The van der Waals surface area contributed by atoms with Crippen LogP contribution in [0.2, 0.25) is 0 Å². The first kappa shape index (κ1) is 9.78. The average Bonchev–Trinajstić information content (AvgIpc) is 2.76. The van der Waals surface area contributed by atoms with Crippen LogP contribution in [0.4, 0.5) is 11.4 Å². The number of nitrogens with two attached hydrogens (primary N) is 1. The lowest BCUT2D eigenvalue weighted by Gasteiger charge is -2.09. The Hall–Kier alpha value is -2.42. The molecule has 3 N–H and O–H groups in total. The van der Waals surface area contributed by atoms with Gasteiger partial charge in [0.15, 0.2) is 0 Å². The molecule has 84 valence electrons. The first-order valence-electron chi connectivity index (χ1n) is 5.52. The maximum Gasteiger partial charge on any atom is 0.0717 e. The van der Waals surface area contributed by atoms with Crippen molar-refractivity contribution in [2.75, 3.05) is 11.2 Å². The van der Waals surface area contributed by atoms with E-state index in [1.165, 1.54) is 0 Å². The fraction of sp³-hybridized carbons (Fsp3) is 0. The molecule has 0 unspecified atom stereocenters. The van der Waals surface area contributed by atoms with Crippen molar-refractivity contribution in [1.29, 1.82) is 0 Å². The quantitative estimate of drug-likeness (QED) is 0.655. The minimum absolute atomic E-state index is 0.802. The van der Waals surface area contributed by atoms with Crippen molar-refractivity contribution in [3.8, 4) is 0 Å². The number of hydrogen-bond donors (Lipinski definition) is 2. The molecule has 0 amide bonds. The van der Waals surface area contributed by atoms with E-state index in [1.807, 2.05) is 65.5 Å². The maximum atomic E-state index is 5.92. The highest BCUT2D eigenvalue weighted by Gasteiger charge is 2.02. The molecule has 0 saturated heterocycles. The van der Waals surface area contributed by atoms with E-state index in [2.05, 4.69) is 5.43 Å². The number of nitrogen functional groups attached to an aromatic ring is 1. The van der Waals surface area contributed by atoms with E-state index >= 15 is 0 Å². The Labute approximate surface area is 99.4 Å². The van der Waals surface area contributed by atoms with Crippen LogP contribution in [0.3, 0.4) is 0 Å². The molecule has 3 heteroatoms. The highest BCUT2D eigenvalue weighted by Crippen LogP contribution is 2.22. The van der Waals surface area contributed by atoms with Gasteiger partial charge < -0.3 is 5.73 Å². The number of fused-ring (bicyclic) bond motifs is 1. The molecule has 0 aliphatic carbocycles. The van der Waals surface area contributed by atoms with Gasteiger partial charge in [0.1, 0.15) is 0 Å². The van der Waals surface area contributed by atoms with Gasteiger partial charge in [-0.05, 0) is 30.3 Å². The third-order valence-corrected chi connectivity index (χ3v) is 2.79. The second-order valence-corrected chi connectivity index (χ2v) is 3.94. The van der Waals surface area contributed by atoms with Crippen LogP contribution >= 0.6 is 0 Å². The van der Waals surface area contributed by atoms with Gasteiger partial charge in [-0.2, -0.15) is 0 Å². The smallest absolute Gasteiger partial charge is 0.0717 e. The van der Waals surface area contributed by atoms with Gasteiger partial charge in [0.2, 0.25) is 0 Å². The van der Waals surface area contributed by atoms with E-state index < -0.39 is 0 Å². The fourth-order valence-corrected chi connectivity index (χ4v) is 1.94. The lowest BCUT2D eigenvalue weighted by Crippen LogP contribution is -2.06. The van der Waals surface area contributed by atoms with Crippen LogP contribution in [0.25, 0.3) is 10.9 Å². The van der Waals surface area contributed by atoms with Gasteiger partial charge in [-0.15, -0.1) is 0 Å². The molecule has 0 fully saturated rings. The highest BCUT2D eigenvalue weighted by atomic mass is 15.4. The molecule has 17 heavy (non-hydrogen) atoms. The number of rotatable bonds is 2. The Bertz CT molecular complexity index is 641. The first-order chi connectivity index (χ1) is 8.34. The summed E-state index contributed by atoms with van der Waals surface area (Å²) in [6.07, 6.45) is 1.98. The summed E-state index contributed by atoms with van der Waals surface area (Å²) >= 11 is 0. The molecule has 3 nitrogen and oxygen atoms in total. The largest absolute Gasteiger partial charge is 0.398 e. The molecule has 0 radical (unpaired) electrons. The lowest BCUT2D eigenvalue weighted by molar-refractivity contribution is 1.01. The van der Waals surface area contributed by atoms with Gasteiger partial charge in [-0.3, -0.25) is 10.1 Å². The number of benzene rings is 2. The normalized spacial score (nSPS) is 10.6. The van der Waals surface area contributed by atoms with Gasteiger partial charge in [-0.25, -0.2) is 0 Å². The number of aromatic nitrogens is 1. The van der Waals surface area contributed by atoms with E-state index in [4.69, 9.17) is 5.73 Å². The van der Waals surface area contributed by atoms with Crippen LogP contribution in [0.1, 0.15) is 0 Å². The number of nitrogens with one attached hydrogen (secondary N) is 1. The maximum absolute atomic E-state index is 5.92. The molecule has 0 bridgehead atoms. The van der Waals surface area contributed by atoms with Crippen molar-refractivity contribution in [3.63, 3.8) is 0 Å². The molecule has 2 aromatic carbocycles. The van der Waals surface area contributed by atoms with Crippen LogP contribution in [-0.2, 0) is 0 Å². The van der Waals surface area contributed by atoms with Gasteiger partial charge >= 0.3 is 0 Å². The summed E-state index contributed by atoms with van der Waals surface area (Å²) in [5, 5.41) is 1.07. The minimum atomic E-state index is 0.802. The molecule has 0 aliphatic heterocycles. The van der Waals surface area contributed by atoms with Crippen molar-refractivity contribution in [2.24, 2.45) is 0 Å². The lowest BCUT2D eigenvalue weighted by atomic mass is 10.2. The molecule has 0 saturated carbocycles. The van der Waals surface area contributed by atoms with E-state index in [0.717, 1.165) is 22.3 Å². The third kappa shape index (κ3) is 1.72. The van der Waals surface area contributed by atoms with Crippen molar-refractivity contribution in [1.82, 2.24) is 4.68 Å². The Kier molecular flexibility index (Phi) is 2.22. The minimum Gasteiger partial charge on any atom is -0.398 e. The van der Waals surface area contributed by atoms with Crippen molar-refractivity contribution < 1.29 is 0 Å². The molecular formula is C14H13N3. The first-order valence-corrected chi connectivity index (χ1v) is 5.52. The predicted molar refractivity (Wildman–Crippen MR) is 71.8 cm³/mol. The Morgan fingerprint density at radius 2 is 1.71 bits per heavy atom. The SMILES string of the molecule is Nc1cccc2c1ccn2Nc1ccccc1. The summed E-state index contributed by atoms with van der Waals surface area (Å²) < 4.78 is 1.97. The molecule has 0 spiro atoms. The Morgan fingerprint density at radius 3 is 2.53 bits per heavy atom. The van der Waals surface area contributed by atoms with E-state index in [0.29, 0.717) is 0 Å². The van der Waals surface area contributed by atoms with Crippen LogP contribution in [0.15, 0.2) is 60.8 Å². The molecule has 0 aliphatic rings. The standard InChI is InChI=1S/C14H13N3/c15-13-7-4-8-14-12(13)9-10-17(14)16-11-5-2-1-3-6-11/h1-10,16H,15H2. The molecule has 1 aromatic heterocycles. The monoisotopic (exact) mass is 223 g/mol. The zero-order valence-corrected chi connectivity index (χ0v) is 9.30. The van der Waals surface area contributed by atoms with E-state index in [9.17, 15) is 0 Å². The van der Waals surface area contributed by atoms with Gasteiger partial charge in [-0.1, -0.05) is 24.3 Å². The molecule has 1 heterocycles. The molecule has 3 rings (SSSR count). The Morgan fingerprint density at radius 1 is 0.882 bits per heavy atom. The highest BCUT2D eigenvalue weighted by molar-refractivity contribution is 5.91. The van der Waals surface area contributed by atoms with Crippen LogP contribution in [0, 0.1) is 0 Å². The van der Waals surface area contributed by atoms with Crippen molar-refractivity contribution in [3.05, 3.63) is 60.8 Å². The zero-order chi connectivity index (χ0) is 11.7. The van der Waals surface area contributed by atoms with E-state index in [1.54, 1.807) is 0 Å². The third-order valence-electron chi connectivity index (χ3n) is 2.79. The van der Waals surface area contributed by atoms with Crippen LogP contribution in [0.5, 0.6) is 0 Å².